The van der Waals surface area contributed by atoms with E-state index in [-0.39, 0.29) is 0 Å². The van der Waals surface area contributed by atoms with E-state index in [4.69, 9.17) is 0 Å². The zero-order valence-corrected chi connectivity index (χ0v) is 14.2. The molecule has 1 atom stereocenters. The largest absolute Gasteiger partial charge is 0.369 e. The Morgan fingerprint density at radius 2 is 1.81 bits per heavy atom. The molecule has 1 aliphatic heterocycles. The highest BCUT2D eigenvalue weighted by atomic mass is 15.3. The number of anilines is 1. The maximum Gasteiger partial charge on any atom is 0.0399 e. The predicted octanol–water partition coefficient (Wildman–Crippen LogP) is 2.81. The molecule has 1 aliphatic rings. The van der Waals surface area contributed by atoms with Gasteiger partial charge in [0.15, 0.2) is 0 Å². The van der Waals surface area contributed by atoms with Crippen molar-refractivity contribution >= 4 is 5.69 Å². The van der Waals surface area contributed by atoms with Gasteiger partial charge in [-0.15, -0.1) is 0 Å². The minimum Gasteiger partial charge on any atom is -0.369 e. The maximum absolute atomic E-state index is 3.58. The number of hydrogen-bond acceptors (Lipinski definition) is 3. The maximum atomic E-state index is 3.58. The van der Waals surface area contributed by atoms with Gasteiger partial charge < -0.3 is 10.2 Å². The standard InChI is InChI=1S/C18H31N3/c1-5-17(19-6-2)14-20-10-12-21(13-11-20)18-9-7-8-15(3)16(18)4/h7-9,17,19H,5-6,10-14H2,1-4H3. The molecule has 1 fully saturated rings. The molecule has 1 aromatic carbocycles. The van der Waals surface area contributed by atoms with Crippen LogP contribution in [0.2, 0.25) is 0 Å². The molecule has 1 aromatic rings. The minimum atomic E-state index is 0.641. The van der Waals surface area contributed by atoms with E-state index in [0.29, 0.717) is 6.04 Å². The van der Waals surface area contributed by atoms with Crippen molar-refractivity contribution in [3.05, 3.63) is 29.3 Å². The van der Waals surface area contributed by atoms with Crippen molar-refractivity contribution in [1.82, 2.24) is 10.2 Å². The average Bonchev–Trinajstić information content (AvgIpc) is 2.50. The second kappa shape index (κ2) is 7.81. The Morgan fingerprint density at radius 3 is 2.43 bits per heavy atom. The number of benzene rings is 1. The van der Waals surface area contributed by atoms with Gasteiger partial charge in [-0.1, -0.05) is 26.0 Å². The van der Waals surface area contributed by atoms with Crippen LogP contribution in [-0.2, 0) is 0 Å². The van der Waals surface area contributed by atoms with Gasteiger partial charge in [0.05, 0.1) is 0 Å². The number of nitrogens with one attached hydrogen (secondary N) is 1. The number of aryl methyl sites for hydroxylation is 1. The predicted molar refractivity (Wildman–Crippen MR) is 92.3 cm³/mol. The summed E-state index contributed by atoms with van der Waals surface area (Å²) in [6, 6.07) is 7.30. The molecule has 1 heterocycles. The van der Waals surface area contributed by atoms with E-state index >= 15 is 0 Å². The highest BCUT2D eigenvalue weighted by molar-refractivity contribution is 5.56. The van der Waals surface area contributed by atoms with E-state index in [1.807, 2.05) is 0 Å². The third-order valence-corrected chi connectivity index (χ3v) is 4.75. The van der Waals surface area contributed by atoms with Crippen LogP contribution < -0.4 is 10.2 Å². The number of hydrogen-bond donors (Lipinski definition) is 1. The monoisotopic (exact) mass is 289 g/mol. The first-order valence-corrected chi connectivity index (χ1v) is 8.42. The van der Waals surface area contributed by atoms with Gasteiger partial charge in [-0.2, -0.15) is 0 Å². The van der Waals surface area contributed by atoms with E-state index in [2.05, 4.69) is 61.0 Å². The van der Waals surface area contributed by atoms with Crippen LogP contribution >= 0.6 is 0 Å². The van der Waals surface area contributed by atoms with Gasteiger partial charge in [0.25, 0.3) is 0 Å². The number of rotatable bonds is 6. The summed E-state index contributed by atoms with van der Waals surface area (Å²) in [5.74, 6) is 0. The third kappa shape index (κ3) is 4.21. The van der Waals surface area contributed by atoms with Crippen molar-refractivity contribution in [3.8, 4) is 0 Å². The van der Waals surface area contributed by atoms with Crippen molar-refractivity contribution in [2.24, 2.45) is 0 Å². The summed E-state index contributed by atoms with van der Waals surface area (Å²) in [6.45, 7) is 15.8. The van der Waals surface area contributed by atoms with Crippen molar-refractivity contribution in [1.29, 1.82) is 0 Å². The van der Waals surface area contributed by atoms with Crippen LogP contribution in [0.25, 0.3) is 0 Å². The zero-order chi connectivity index (χ0) is 15.2. The summed E-state index contributed by atoms with van der Waals surface area (Å²) >= 11 is 0. The van der Waals surface area contributed by atoms with Gasteiger partial charge in [0, 0.05) is 44.5 Å². The summed E-state index contributed by atoms with van der Waals surface area (Å²) in [7, 11) is 0. The minimum absolute atomic E-state index is 0.641. The van der Waals surface area contributed by atoms with Gasteiger partial charge in [-0.25, -0.2) is 0 Å². The van der Waals surface area contributed by atoms with E-state index in [9.17, 15) is 0 Å². The Hall–Kier alpha value is -1.06. The molecule has 1 N–H and O–H groups in total. The lowest BCUT2D eigenvalue weighted by Gasteiger charge is -2.38. The van der Waals surface area contributed by atoms with Crippen LogP contribution in [0.1, 0.15) is 31.4 Å². The first-order chi connectivity index (χ1) is 10.2. The Labute approximate surface area is 130 Å². The lowest BCUT2D eigenvalue weighted by molar-refractivity contribution is 0.227. The van der Waals surface area contributed by atoms with Crippen LogP contribution in [0.4, 0.5) is 5.69 Å². The summed E-state index contributed by atoms with van der Waals surface area (Å²) < 4.78 is 0. The quantitative estimate of drug-likeness (QED) is 0.869. The molecule has 0 aromatic heterocycles. The smallest absolute Gasteiger partial charge is 0.0399 e. The lowest BCUT2D eigenvalue weighted by atomic mass is 10.1. The topological polar surface area (TPSA) is 18.5 Å². The van der Waals surface area contributed by atoms with E-state index in [1.165, 1.54) is 42.9 Å². The van der Waals surface area contributed by atoms with Crippen LogP contribution in [0.15, 0.2) is 18.2 Å². The molecule has 3 nitrogen and oxygen atoms in total. The number of piperazine rings is 1. The van der Waals surface area contributed by atoms with E-state index < -0.39 is 0 Å². The molecule has 3 heteroatoms. The molecule has 1 saturated heterocycles. The van der Waals surface area contributed by atoms with Crippen LogP contribution in [-0.4, -0.2) is 50.2 Å². The SMILES string of the molecule is CCNC(CC)CN1CCN(c2cccc(C)c2C)CC1. The van der Waals surface area contributed by atoms with Gasteiger partial charge in [0.2, 0.25) is 0 Å². The van der Waals surface area contributed by atoms with Crippen molar-refractivity contribution < 1.29 is 0 Å². The van der Waals surface area contributed by atoms with Crippen molar-refractivity contribution in [2.45, 2.75) is 40.2 Å². The first-order valence-electron chi connectivity index (χ1n) is 8.42. The van der Waals surface area contributed by atoms with Gasteiger partial charge in [-0.3, -0.25) is 4.90 Å². The lowest BCUT2D eigenvalue weighted by Crippen LogP contribution is -2.50. The number of nitrogens with zero attached hydrogens (tertiary/aromatic N) is 2. The zero-order valence-electron chi connectivity index (χ0n) is 14.2. The van der Waals surface area contributed by atoms with Crippen LogP contribution in [0, 0.1) is 13.8 Å². The Kier molecular flexibility index (Phi) is 6.07. The third-order valence-electron chi connectivity index (χ3n) is 4.75. The molecule has 118 valence electrons. The van der Waals surface area contributed by atoms with E-state index in [1.54, 1.807) is 0 Å². The van der Waals surface area contributed by atoms with Crippen LogP contribution in [0.5, 0.6) is 0 Å². The van der Waals surface area contributed by atoms with Crippen molar-refractivity contribution in [2.75, 3.05) is 44.2 Å². The number of likely N-dealkylation sites (N-methyl/N-ethyl adjacent to an activating group) is 1. The molecular weight excluding hydrogens is 258 g/mol. The molecule has 0 aliphatic carbocycles. The Morgan fingerprint density at radius 1 is 1.10 bits per heavy atom. The summed E-state index contributed by atoms with van der Waals surface area (Å²) in [5.41, 5.74) is 4.26. The second-order valence-electron chi connectivity index (χ2n) is 6.17. The molecule has 0 bridgehead atoms. The second-order valence-corrected chi connectivity index (χ2v) is 6.17. The summed E-state index contributed by atoms with van der Waals surface area (Å²) in [4.78, 5) is 5.16. The molecule has 21 heavy (non-hydrogen) atoms. The highest BCUT2D eigenvalue weighted by Crippen LogP contribution is 2.23. The average molecular weight is 289 g/mol. The van der Waals surface area contributed by atoms with Gasteiger partial charge in [0.1, 0.15) is 0 Å². The molecule has 0 spiro atoms. The fraction of sp³-hybridized carbons (Fsp3) is 0.667. The van der Waals surface area contributed by atoms with E-state index in [0.717, 1.165) is 19.6 Å². The summed E-state index contributed by atoms with van der Waals surface area (Å²) in [6.07, 6.45) is 1.21. The Balaban J connectivity index is 1.89. The molecule has 2 rings (SSSR count). The molecule has 0 saturated carbocycles. The molecule has 0 amide bonds. The first kappa shape index (κ1) is 16.3. The fourth-order valence-electron chi connectivity index (χ4n) is 3.19. The molecular formula is C18H31N3. The normalized spacial score (nSPS) is 18.0. The Bertz CT molecular complexity index is 436. The molecule has 0 radical (unpaired) electrons. The highest BCUT2D eigenvalue weighted by Gasteiger charge is 2.20. The summed E-state index contributed by atoms with van der Waals surface area (Å²) in [5, 5.41) is 3.58. The van der Waals surface area contributed by atoms with Crippen molar-refractivity contribution in [3.63, 3.8) is 0 Å². The van der Waals surface area contributed by atoms with Gasteiger partial charge in [-0.05, 0) is 44.0 Å². The van der Waals surface area contributed by atoms with Gasteiger partial charge >= 0.3 is 0 Å². The molecule has 1 unspecified atom stereocenters. The van der Waals surface area contributed by atoms with Crippen LogP contribution in [0.3, 0.4) is 0 Å². The fourth-order valence-corrected chi connectivity index (χ4v) is 3.19.